The third kappa shape index (κ3) is 4.46. The summed E-state index contributed by atoms with van der Waals surface area (Å²) in [6.45, 7) is 6.58. The minimum absolute atomic E-state index is 0.0753. The average Bonchev–Trinajstić information content (AvgIpc) is 2.72. The largest absolute Gasteiger partial charge is 0.485 e. The van der Waals surface area contributed by atoms with E-state index in [4.69, 9.17) is 16.3 Å². The van der Waals surface area contributed by atoms with E-state index >= 15 is 0 Å². The molecule has 0 N–H and O–H groups in total. The first-order valence-electron chi connectivity index (χ1n) is 10.7. The molecular weight excluding hydrogens is 416 g/mol. The Hall–Kier alpha value is -2.44. The number of Topliss-reactive ketones (excluding diaryl/α,β-unsaturated/α-hetero) is 1. The van der Waals surface area contributed by atoms with Crippen LogP contribution in [0.1, 0.15) is 41.3 Å². The number of aryl methyl sites for hydroxylation is 1. The molecule has 6 nitrogen and oxygen atoms in total. The van der Waals surface area contributed by atoms with Crippen molar-refractivity contribution in [2.24, 2.45) is 11.3 Å². The monoisotopic (exact) mass is 442 g/mol. The number of nitrogens with zero attached hydrogens (tertiary/aromatic N) is 2. The zero-order valence-corrected chi connectivity index (χ0v) is 18.7. The van der Waals surface area contributed by atoms with E-state index in [0.29, 0.717) is 35.0 Å². The van der Waals surface area contributed by atoms with Gasteiger partial charge >= 0.3 is 5.69 Å². The summed E-state index contributed by atoms with van der Waals surface area (Å²) >= 11 is 6.06. The van der Waals surface area contributed by atoms with Crippen molar-refractivity contribution in [3.05, 3.63) is 68.2 Å². The summed E-state index contributed by atoms with van der Waals surface area (Å²) in [6, 6.07) is 10.7. The third-order valence-electron chi connectivity index (χ3n) is 6.35. The zero-order chi connectivity index (χ0) is 22.2. The van der Waals surface area contributed by atoms with Crippen molar-refractivity contribution in [2.75, 3.05) is 26.2 Å². The summed E-state index contributed by atoms with van der Waals surface area (Å²) in [7, 11) is 0. The molecule has 4 rings (SSSR count). The number of nitro groups is 1. The van der Waals surface area contributed by atoms with E-state index in [1.165, 1.54) is 12.5 Å². The van der Waals surface area contributed by atoms with Crippen molar-refractivity contribution in [1.29, 1.82) is 0 Å². The molecule has 7 heteroatoms. The smallest absolute Gasteiger partial charge is 0.311 e. The highest BCUT2D eigenvalue weighted by atomic mass is 35.5. The highest BCUT2D eigenvalue weighted by molar-refractivity contribution is 6.30. The SMILES string of the molecule is Cc1cc2c(c([N+](=O)[O-])c1)OC[C@](Cc1ccc(Cl)cc1)(CN1CCC[C@H](C)C1)C2=O. The van der Waals surface area contributed by atoms with Gasteiger partial charge in [0.15, 0.2) is 5.78 Å². The second kappa shape index (κ2) is 8.60. The molecule has 0 radical (unpaired) electrons. The van der Waals surface area contributed by atoms with Crippen LogP contribution < -0.4 is 4.74 Å². The fourth-order valence-corrected chi connectivity index (χ4v) is 5.05. The molecule has 1 fully saturated rings. The number of likely N-dealkylation sites (tertiary alicyclic amines) is 1. The van der Waals surface area contributed by atoms with Crippen molar-refractivity contribution < 1.29 is 14.5 Å². The minimum atomic E-state index is -0.806. The zero-order valence-electron chi connectivity index (χ0n) is 17.9. The summed E-state index contributed by atoms with van der Waals surface area (Å²) < 4.78 is 6.01. The predicted octanol–water partition coefficient (Wildman–Crippen LogP) is 5.09. The molecule has 31 heavy (non-hydrogen) atoms. The summed E-state index contributed by atoms with van der Waals surface area (Å²) in [4.78, 5) is 27.4. The Morgan fingerprint density at radius 3 is 2.71 bits per heavy atom. The Bertz CT molecular complexity index is 1010. The van der Waals surface area contributed by atoms with Crippen molar-refractivity contribution in [3.63, 3.8) is 0 Å². The predicted molar refractivity (Wildman–Crippen MR) is 120 cm³/mol. The Morgan fingerprint density at radius 1 is 1.29 bits per heavy atom. The molecule has 2 heterocycles. The van der Waals surface area contributed by atoms with Crippen LogP contribution in [0, 0.1) is 28.4 Å². The number of ether oxygens (including phenoxy) is 1. The van der Waals surface area contributed by atoms with Gasteiger partial charge in [-0.2, -0.15) is 0 Å². The number of carbonyl (C=O) groups excluding carboxylic acids is 1. The molecule has 2 aliphatic heterocycles. The molecule has 0 aliphatic carbocycles. The van der Waals surface area contributed by atoms with Gasteiger partial charge in [-0.25, -0.2) is 0 Å². The van der Waals surface area contributed by atoms with E-state index in [2.05, 4.69) is 11.8 Å². The van der Waals surface area contributed by atoms with Gasteiger partial charge in [-0.15, -0.1) is 0 Å². The Labute approximate surface area is 187 Å². The molecule has 164 valence electrons. The first kappa shape index (κ1) is 21.8. The fourth-order valence-electron chi connectivity index (χ4n) is 4.93. The average molecular weight is 443 g/mol. The highest BCUT2D eigenvalue weighted by Gasteiger charge is 2.47. The number of fused-ring (bicyclic) bond motifs is 1. The van der Waals surface area contributed by atoms with E-state index in [-0.39, 0.29) is 23.8 Å². The van der Waals surface area contributed by atoms with E-state index < -0.39 is 10.3 Å². The number of hydrogen-bond donors (Lipinski definition) is 0. The molecule has 0 amide bonds. The van der Waals surface area contributed by atoms with Gasteiger partial charge in [0.25, 0.3) is 0 Å². The molecule has 0 spiro atoms. The van der Waals surface area contributed by atoms with Crippen LogP contribution in [0.15, 0.2) is 36.4 Å². The van der Waals surface area contributed by atoms with Crippen LogP contribution in [0.5, 0.6) is 5.75 Å². The fraction of sp³-hybridized carbons (Fsp3) is 0.458. The van der Waals surface area contributed by atoms with E-state index in [1.807, 2.05) is 24.3 Å². The van der Waals surface area contributed by atoms with Crippen LogP contribution >= 0.6 is 11.6 Å². The van der Waals surface area contributed by atoms with Gasteiger partial charge in [-0.3, -0.25) is 14.9 Å². The van der Waals surface area contributed by atoms with Crippen molar-refractivity contribution in [3.8, 4) is 5.75 Å². The number of carbonyl (C=O) groups is 1. The van der Waals surface area contributed by atoms with E-state index in [1.54, 1.807) is 13.0 Å². The van der Waals surface area contributed by atoms with Crippen LogP contribution in [-0.4, -0.2) is 41.8 Å². The maximum Gasteiger partial charge on any atom is 0.311 e. The molecule has 0 bridgehead atoms. The molecule has 0 aromatic heterocycles. The lowest BCUT2D eigenvalue weighted by molar-refractivity contribution is -0.386. The number of nitro benzene ring substituents is 1. The number of halogens is 1. The summed E-state index contributed by atoms with van der Waals surface area (Å²) in [5.41, 5.74) is 1.04. The lowest BCUT2D eigenvalue weighted by Crippen LogP contribution is -2.52. The molecule has 2 aliphatic rings. The first-order valence-corrected chi connectivity index (χ1v) is 11.1. The standard InChI is InChI=1S/C24H27ClN2O4/c1-16-4-3-9-26(13-16)14-24(12-18-5-7-19(25)8-6-18)15-31-22-20(23(24)28)10-17(2)11-21(22)27(29)30/h5-8,10-11,16H,3-4,9,12-15H2,1-2H3/t16-,24-/m0/s1. The van der Waals surface area contributed by atoms with Crippen molar-refractivity contribution >= 4 is 23.1 Å². The van der Waals surface area contributed by atoms with Gasteiger partial charge in [0.05, 0.1) is 15.9 Å². The van der Waals surface area contributed by atoms with Crippen LogP contribution in [0.3, 0.4) is 0 Å². The quantitative estimate of drug-likeness (QED) is 0.476. The summed E-state index contributed by atoms with van der Waals surface area (Å²) in [6.07, 6.45) is 2.79. The second-order valence-corrected chi connectivity index (χ2v) is 9.54. The highest BCUT2D eigenvalue weighted by Crippen LogP contribution is 2.43. The number of ketones is 1. The molecular formula is C24H27ClN2O4. The summed E-state index contributed by atoms with van der Waals surface area (Å²) in [5.74, 6) is 0.602. The molecule has 2 aromatic carbocycles. The van der Waals surface area contributed by atoms with Crippen molar-refractivity contribution in [1.82, 2.24) is 4.90 Å². The summed E-state index contributed by atoms with van der Waals surface area (Å²) in [5, 5.41) is 12.2. The van der Waals surface area contributed by atoms with Gasteiger partial charge in [-0.1, -0.05) is 30.7 Å². The van der Waals surface area contributed by atoms with Crippen molar-refractivity contribution in [2.45, 2.75) is 33.1 Å². The van der Waals surface area contributed by atoms with Crippen LogP contribution in [0.2, 0.25) is 5.02 Å². The van der Waals surface area contributed by atoms with Crippen LogP contribution in [0.25, 0.3) is 0 Å². The van der Waals surface area contributed by atoms with Gasteiger partial charge in [-0.05, 0) is 68.0 Å². The number of piperidine rings is 1. The van der Waals surface area contributed by atoms with Gasteiger partial charge in [0.2, 0.25) is 5.75 Å². The topological polar surface area (TPSA) is 72.7 Å². The minimum Gasteiger partial charge on any atom is -0.485 e. The first-order chi connectivity index (χ1) is 14.8. The molecule has 0 saturated carbocycles. The van der Waals surface area contributed by atoms with E-state index in [0.717, 1.165) is 25.1 Å². The Kier molecular flexibility index (Phi) is 6.04. The van der Waals surface area contributed by atoms with Crippen LogP contribution in [-0.2, 0) is 6.42 Å². The molecule has 1 saturated heterocycles. The Morgan fingerprint density at radius 2 is 2.03 bits per heavy atom. The number of hydrogen-bond acceptors (Lipinski definition) is 5. The van der Waals surface area contributed by atoms with Crippen LogP contribution in [0.4, 0.5) is 5.69 Å². The lowest BCUT2D eigenvalue weighted by Gasteiger charge is -2.42. The maximum absolute atomic E-state index is 13.9. The third-order valence-corrected chi connectivity index (χ3v) is 6.60. The van der Waals surface area contributed by atoms with Gasteiger partial charge in [0.1, 0.15) is 6.61 Å². The lowest BCUT2D eigenvalue weighted by atomic mass is 9.73. The molecule has 2 aromatic rings. The second-order valence-electron chi connectivity index (χ2n) is 9.10. The van der Waals surface area contributed by atoms with E-state index in [9.17, 15) is 14.9 Å². The van der Waals surface area contributed by atoms with Gasteiger partial charge in [0, 0.05) is 24.2 Å². The molecule has 0 unspecified atom stereocenters. The van der Waals surface area contributed by atoms with Gasteiger partial charge < -0.3 is 9.64 Å². The normalized spacial score (nSPS) is 23.8. The molecule has 2 atom stereocenters. The maximum atomic E-state index is 13.9. The number of rotatable bonds is 5. The number of benzene rings is 2. The Balaban J connectivity index is 1.74.